The van der Waals surface area contributed by atoms with Crippen molar-refractivity contribution in [2.75, 3.05) is 18.6 Å². The minimum absolute atomic E-state index is 0.127. The van der Waals surface area contributed by atoms with Gasteiger partial charge in [0.1, 0.15) is 0 Å². The first-order chi connectivity index (χ1) is 9.58. The molecule has 0 radical (unpaired) electrons. The third kappa shape index (κ3) is 2.57. The molecule has 1 aromatic rings. The number of halogens is 1. The lowest BCUT2D eigenvalue weighted by atomic mass is 10.1. The van der Waals surface area contributed by atoms with Crippen LogP contribution in [-0.4, -0.2) is 25.5 Å². The highest BCUT2D eigenvalue weighted by Crippen LogP contribution is 2.29. The number of methoxy groups -OCH3 is 1. The number of carbonyl (C=O) groups is 2. The molecule has 2 rings (SSSR count). The van der Waals surface area contributed by atoms with E-state index >= 15 is 0 Å². The second-order valence-corrected chi connectivity index (χ2v) is 4.54. The average molecular weight is 277 g/mol. The van der Waals surface area contributed by atoms with Crippen LogP contribution in [0, 0.1) is 5.82 Å². The lowest BCUT2D eigenvalue weighted by Crippen LogP contribution is -2.25. The Labute approximate surface area is 116 Å². The van der Waals surface area contributed by atoms with Crippen molar-refractivity contribution >= 4 is 23.6 Å². The molecule has 1 heterocycles. The molecule has 1 aliphatic heterocycles. The highest BCUT2D eigenvalue weighted by atomic mass is 19.1. The fourth-order valence-electron chi connectivity index (χ4n) is 2.28. The van der Waals surface area contributed by atoms with Gasteiger partial charge in [0.25, 0.3) is 0 Å². The molecule has 0 aromatic heterocycles. The van der Waals surface area contributed by atoms with Crippen molar-refractivity contribution in [3.8, 4) is 0 Å². The highest BCUT2D eigenvalue weighted by Gasteiger charge is 2.27. The molecule has 1 fully saturated rings. The number of hydrogen-bond donors (Lipinski definition) is 0. The minimum atomic E-state index is -0.748. The van der Waals surface area contributed by atoms with E-state index in [9.17, 15) is 14.0 Å². The van der Waals surface area contributed by atoms with Gasteiger partial charge in [0.2, 0.25) is 5.91 Å². The number of rotatable bonds is 3. The van der Waals surface area contributed by atoms with Crippen molar-refractivity contribution in [1.82, 2.24) is 0 Å². The largest absolute Gasteiger partial charge is 0.465 e. The highest BCUT2D eigenvalue weighted by molar-refractivity contribution is 5.98. The smallest absolute Gasteiger partial charge is 0.340 e. The van der Waals surface area contributed by atoms with Crippen LogP contribution in [-0.2, 0) is 9.53 Å². The molecule has 0 atom stereocenters. The number of carbonyl (C=O) groups excluding carboxylic acids is 2. The Hall–Kier alpha value is -2.17. The van der Waals surface area contributed by atoms with Crippen LogP contribution < -0.4 is 4.90 Å². The molecule has 20 heavy (non-hydrogen) atoms. The fraction of sp³-hybridized carbons (Fsp3) is 0.333. The van der Waals surface area contributed by atoms with E-state index in [1.807, 2.05) is 6.92 Å². The van der Waals surface area contributed by atoms with Gasteiger partial charge in [-0.2, -0.15) is 0 Å². The Morgan fingerprint density at radius 1 is 1.45 bits per heavy atom. The maximum atomic E-state index is 14.4. The standard InChI is InChI=1S/C15H16FNO3/c1-3-5-10-8-11(15(19)20-2)14(16)12(9-10)17-7-4-6-13(17)18/h3,5,8-9H,4,6-7H2,1-2H3/b5-3+. The summed E-state index contributed by atoms with van der Waals surface area (Å²) in [5.41, 5.74) is 0.644. The predicted octanol–water partition coefficient (Wildman–Crippen LogP) is 2.77. The predicted molar refractivity (Wildman–Crippen MR) is 74.0 cm³/mol. The zero-order chi connectivity index (χ0) is 14.7. The van der Waals surface area contributed by atoms with Crippen molar-refractivity contribution in [3.05, 3.63) is 35.2 Å². The Kier molecular flexibility index (Phi) is 4.17. The summed E-state index contributed by atoms with van der Waals surface area (Å²) in [6.07, 6.45) is 4.63. The van der Waals surface area contributed by atoms with Gasteiger partial charge in [0.15, 0.2) is 5.82 Å². The first-order valence-electron chi connectivity index (χ1n) is 6.43. The van der Waals surface area contributed by atoms with Crippen molar-refractivity contribution in [2.45, 2.75) is 19.8 Å². The van der Waals surface area contributed by atoms with E-state index in [0.717, 1.165) is 0 Å². The average Bonchev–Trinajstić information content (AvgIpc) is 2.86. The topological polar surface area (TPSA) is 46.6 Å². The summed E-state index contributed by atoms with van der Waals surface area (Å²) in [4.78, 5) is 24.8. The maximum absolute atomic E-state index is 14.4. The normalized spacial score (nSPS) is 15.2. The Morgan fingerprint density at radius 2 is 2.20 bits per heavy atom. The summed E-state index contributed by atoms with van der Waals surface area (Å²) in [5, 5.41) is 0. The molecule has 4 nitrogen and oxygen atoms in total. The summed E-state index contributed by atoms with van der Waals surface area (Å²) in [5.74, 6) is -1.58. The minimum Gasteiger partial charge on any atom is -0.465 e. The lowest BCUT2D eigenvalue weighted by molar-refractivity contribution is -0.117. The van der Waals surface area contributed by atoms with Gasteiger partial charge in [0.05, 0.1) is 18.4 Å². The molecule has 106 valence electrons. The molecule has 5 heteroatoms. The molecular weight excluding hydrogens is 261 g/mol. The van der Waals surface area contributed by atoms with E-state index in [2.05, 4.69) is 4.74 Å². The first kappa shape index (κ1) is 14.2. The van der Waals surface area contributed by atoms with Gasteiger partial charge in [-0.1, -0.05) is 12.2 Å². The molecular formula is C15H16FNO3. The van der Waals surface area contributed by atoms with E-state index in [1.165, 1.54) is 18.1 Å². The van der Waals surface area contributed by atoms with Crippen molar-refractivity contribution in [3.63, 3.8) is 0 Å². The Bertz CT molecular complexity index is 581. The molecule has 0 N–H and O–H groups in total. The Balaban J connectivity index is 2.57. The van der Waals surface area contributed by atoms with Gasteiger partial charge in [-0.05, 0) is 31.0 Å². The van der Waals surface area contributed by atoms with Crippen LogP contribution >= 0.6 is 0 Å². The summed E-state index contributed by atoms with van der Waals surface area (Å²) in [6, 6.07) is 3.00. The number of ether oxygens (including phenoxy) is 1. The number of nitrogens with zero attached hydrogens (tertiary/aromatic N) is 1. The zero-order valence-electron chi connectivity index (χ0n) is 11.5. The second-order valence-electron chi connectivity index (χ2n) is 4.54. The number of anilines is 1. The fourth-order valence-corrected chi connectivity index (χ4v) is 2.28. The van der Waals surface area contributed by atoms with E-state index < -0.39 is 11.8 Å². The van der Waals surface area contributed by atoms with Crippen LogP contribution in [0.1, 0.15) is 35.7 Å². The van der Waals surface area contributed by atoms with Crippen LogP contribution in [0.4, 0.5) is 10.1 Å². The molecule has 0 spiro atoms. The molecule has 1 aliphatic rings. The van der Waals surface area contributed by atoms with Gasteiger partial charge >= 0.3 is 5.97 Å². The van der Waals surface area contributed by atoms with Crippen molar-refractivity contribution in [2.24, 2.45) is 0 Å². The third-order valence-corrected chi connectivity index (χ3v) is 3.20. The third-order valence-electron chi connectivity index (χ3n) is 3.20. The number of hydrogen-bond acceptors (Lipinski definition) is 3. The van der Waals surface area contributed by atoms with Gasteiger partial charge in [-0.3, -0.25) is 4.79 Å². The Morgan fingerprint density at radius 3 is 2.75 bits per heavy atom. The van der Waals surface area contributed by atoms with E-state index in [0.29, 0.717) is 24.9 Å². The molecule has 1 saturated heterocycles. The summed E-state index contributed by atoms with van der Waals surface area (Å²) in [7, 11) is 1.20. The molecule has 0 bridgehead atoms. The molecule has 1 amide bonds. The van der Waals surface area contributed by atoms with E-state index in [-0.39, 0.29) is 17.2 Å². The molecule has 0 unspecified atom stereocenters. The second kappa shape index (κ2) is 5.86. The van der Waals surface area contributed by atoms with Gasteiger partial charge < -0.3 is 9.64 Å². The number of amides is 1. The lowest BCUT2D eigenvalue weighted by Gasteiger charge is -2.18. The van der Waals surface area contributed by atoms with Crippen LogP contribution in [0.25, 0.3) is 6.08 Å². The molecule has 0 saturated carbocycles. The monoisotopic (exact) mass is 277 g/mol. The number of esters is 1. The molecule has 1 aromatic carbocycles. The van der Waals surface area contributed by atoms with Crippen molar-refractivity contribution in [1.29, 1.82) is 0 Å². The van der Waals surface area contributed by atoms with Crippen LogP contribution in [0.3, 0.4) is 0 Å². The van der Waals surface area contributed by atoms with E-state index in [4.69, 9.17) is 0 Å². The maximum Gasteiger partial charge on any atom is 0.340 e. The summed E-state index contributed by atoms with van der Waals surface area (Å²) >= 11 is 0. The van der Waals surface area contributed by atoms with Crippen LogP contribution in [0.2, 0.25) is 0 Å². The molecule has 0 aliphatic carbocycles. The van der Waals surface area contributed by atoms with Crippen molar-refractivity contribution < 1.29 is 18.7 Å². The SMILES string of the molecule is C/C=C/c1cc(C(=O)OC)c(F)c(N2CCCC2=O)c1. The summed E-state index contributed by atoms with van der Waals surface area (Å²) < 4.78 is 19.0. The van der Waals surface area contributed by atoms with Crippen LogP contribution in [0.5, 0.6) is 0 Å². The quantitative estimate of drug-likeness (QED) is 0.798. The number of allylic oxidation sites excluding steroid dienone is 1. The van der Waals surface area contributed by atoms with E-state index in [1.54, 1.807) is 18.2 Å². The zero-order valence-corrected chi connectivity index (χ0v) is 11.5. The number of benzene rings is 1. The van der Waals surface area contributed by atoms with Gasteiger partial charge in [-0.15, -0.1) is 0 Å². The first-order valence-corrected chi connectivity index (χ1v) is 6.43. The van der Waals surface area contributed by atoms with Gasteiger partial charge in [0, 0.05) is 13.0 Å². The summed E-state index contributed by atoms with van der Waals surface area (Å²) in [6.45, 7) is 2.29. The van der Waals surface area contributed by atoms with Crippen LogP contribution in [0.15, 0.2) is 18.2 Å². The van der Waals surface area contributed by atoms with Gasteiger partial charge in [-0.25, -0.2) is 9.18 Å².